The van der Waals surface area contributed by atoms with Crippen LogP contribution in [-0.4, -0.2) is 65.3 Å². The molecule has 0 aliphatic carbocycles. The maximum Gasteiger partial charge on any atom is 0.338 e. The molecule has 0 amide bonds. The smallest absolute Gasteiger partial charge is 0.338 e. The number of β-amino-alcohol motifs (C(OH)–C–C–N with tert-alkyl or cyclic N) is 1. The monoisotopic (exact) mass is 482 g/mol. The third-order valence-corrected chi connectivity index (χ3v) is 6.30. The van der Waals surface area contributed by atoms with E-state index >= 15 is 0 Å². The number of carbonyl (C=O) groups excluding carboxylic acids is 1. The zero-order chi connectivity index (χ0) is 22.8. The average molecular weight is 483 g/mol. The predicted molar refractivity (Wildman–Crippen MR) is 117 cm³/mol. The second kappa shape index (κ2) is 9.62. The lowest BCUT2D eigenvalue weighted by atomic mass is 9.95. The van der Waals surface area contributed by atoms with Gasteiger partial charge in [-0.3, -0.25) is 9.89 Å². The Morgan fingerprint density at radius 1 is 1.44 bits per heavy atom. The minimum absolute atomic E-state index is 0.0220. The van der Waals surface area contributed by atoms with Crippen molar-refractivity contribution in [3.8, 4) is 0 Å². The highest BCUT2D eigenvalue weighted by Gasteiger charge is 2.37. The Hall–Kier alpha value is -2.40. The number of nitrogens with zero attached hydrogens (tertiary/aromatic N) is 3. The van der Waals surface area contributed by atoms with Crippen molar-refractivity contribution in [2.45, 2.75) is 25.2 Å². The van der Waals surface area contributed by atoms with Gasteiger partial charge in [-0.25, -0.2) is 18.6 Å². The minimum atomic E-state index is -1.38. The second-order valence-electron chi connectivity index (χ2n) is 7.40. The summed E-state index contributed by atoms with van der Waals surface area (Å²) in [5.41, 5.74) is 1.06. The summed E-state index contributed by atoms with van der Waals surface area (Å²) in [5, 5.41) is 15.4. The van der Waals surface area contributed by atoms with Crippen molar-refractivity contribution in [1.82, 2.24) is 15.2 Å². The number of likely N-dealkylation sites (tertiary alicyclic amines) is 1. The molecule has 3 atom stereocenters. The third kappa shape index (κ3) is 4.68. The normalized spacial score (nSPS) is 23.8. The number of nitrogens with one attached hydrogen (secondary N) is 1. The molecule has 1 aromatic carbocycles. The second-order valence-corrected chi connectivity index (χ2v) is 8.70. The molecule has 2 aliphatic rings. The fourth-order valence-electron chi connectivity index (χ4n) is 3.74. The predicted octanol–water partition coefficient (Wildman–Crippen LogP) is 2.86. The van der Waals surface area contributed by atoms with Crippen LogP contribution in [0.25, 0.3) is 0 Å². The van der Waals surface area contributed by atoms with E-state index in [1.807, 2.05) is 0 Å². The molecule has 32 heavy (non-hydrogen) atoms. The Bertz CT molecular complexity index is 1050. The Morgan fingerprint density at radius 3 is 2.88 bits per heavy atom. The molecule has 4 rings (SSSR count). The summed E-state index contributed by atoms with van der Waals surface area (Å²) in [6.45, 7) is 2.11. The number of carbonyl (C=O) groups is 1. The van der Waals surface area contributed by atoms with E-state index in [1.54, 1.807) is 23.4 Å². The molecular formula is C21H21ClF2N4O3S. The summed E-state index contributed by atoms with van der Waals surface area (Å²) >= 11 is 7.68. The van der Waals surface area contributed by atoms with E-state index in [0.29, 0.717) is 22.1 Å². The molecule has 0 saturated carbocycles. The summed E-state index contributed by atoms with van der Waals surface area (Å²) in [4.78, 5) is 23.7. The number of ether oxygens (including phenoxy) is 1. The summed E-state index contributed by atoms with van der Waals surface area (Å²) in [6, 6.07) is 3.00. The van der Waals surface area contributed by atoms with Crippen LogP contribution in [0.4, 0.5) is 8.78 Å². The van der Waals surface area contributed by atoms with E-state index < -0.39 is 30.1 Å². The van der Waals surface area contributed by atoms with Crippen molar-refractivity contribution in [2.24, 2.45) is 4.99 Å². The summed E-state index contributed by atoms with van der Waals surface area (Å²) in [6.07, 6.45) is -0.849. The SMILES string of the molecule is CCOC(=O)C1=C(CN2CC(F)[C@H](O)C2)NC(c2nccs2)=N[C@H]1c1ccc(F)cc1Cl. The van der Waals surface area contributed by atoms with Crippen LogP contribution < -0.4 is 5.32 Å². The van der Waals surface area contributed by atoms with E-state index in [0.717, 1.165) is 6.07 Å². The number of benzene rings is 1. The lowest BCUT2D eigenvalue weighted by molar-refractivity contribution is -0.139. The number of hydrogen-bond acceptors (Lipinski definition) is 8. The molecule has 0 radical (unpaired) electrons. The zero-order valence-electron chi connectivity index (χ0n) is 17.1. The molecule has 11 heteroatoms. The molecular weight excluding hydrogens is 462 g/mol. The fraction of sp³-hybridized carbons (Fsp3) is 0.381. The Balaban J connectivity index is 1.81. The van der Waals surface area contributed by atoms with Crippen LogP contribution in [0, 0.1) is 5.82 Å². The van der Waals surface area contributed by atoms with Gasteiger partial charge in [0.15, 0.2) is 10.8 Å². The molecule has 1 aromatic heterocycles. The van der Waals surface area contributed by atoms with Crippen molar-refractivity contribution < 1.29 is 23.4 Å². The van der Waals surface area contributed by atoms with Crippen molar-refractivity contribution in [3.05, 3.63) is 62.5 Å². The summed E-state index contributed by atoms with van der Waals surface area (Å²) in [7, 11) is 0. The lowest BCUT2D eigenvalue weighted by Gasteiger charge is -2.29. The molecule has 2 aromatic rings. The molecule has 0 bridgehead atoms. The molecule has 2 N–H and O–H groups in total. The van der Waals surface area contributed by atoms with E-state index in [-0.39, 0.29) is 36.8 Å². The number of aliphatic hydroxyl groups is 1. The van der Waals surface area contributed by atoms with Crippen molar-refractivity contribution in [2.75, 3.05) is 26.2 Å². The van der Waals surface area contributed by atoms with Crippen LogP contribution in [0.1, 0.15) is 23.5 Å². The number of amidine groups is 1. The third-order valence-electron chi connectivity index (χ3n) is 5.19. The van der Waals surface area contributed by atoms with Crippen LogP contribution >= 0.6 is 22.9 Å². The van der Waals surface area contributed by atoms with Crippen molar-refractivity contribution >= 4 is 34.7 Å². The van der Waals surface area contributed by atoms with Gasteiger partial charge in [-0.05, 0) is 19.1 Å². The first-order valence-electron chi connectivity index (χ1n) is 10.0. The van der Waals surface area contributed by atoms with Gasteiger partial charge in [0.1, 0.15) is 18.0 Å². The first kappa shape index (κ1) is 22.8. The summed E-state index contributed by atoms with van der Waals surface area (Å²) in [5.74, 6) is -0.720. The van der Waals surface area contributed by atoms with Gasteiger partial charge in [-0.2, -0.15) is 0 Å². The molecule has 1 fully saturated rings. The number of aromatic nitrogens is 1. The van der Waals surface area contributed by atoms with Gasteiger partial charge in [0.2, 0.25) is 0 Å². The van der Waals surface area contributed by atoms with Gasteiger partial charge < -0.3 is 15.2 Å². The average Bonchev–Trinajstić information content (AvgIpc) is 3.38. The number of hydrogen-bond donors (Lipinski definition) is 2. The molecule has 7 nitrogen and oxygen atoms in total. The Labute approximate surface area is 192 Å². The fourth-order valence-corrected chi connectivity index (χ4v) is 4.60. The highest BCUT2D eigenvalue weighted by atomic mass is 35.5. The molecule has 1 unspecified atom stereocenters. The van der Waals surface area contributed by atoms with Gasteiger partial charge in [-0.1, -0.05) is 17.7 Å². The molecule has 0 spiro atoms. The first-order valence-corrected chi connectivity index (χ1v) is 11.3. The van der Waals surface area contributed by atoms with Crippen LogP contribution in [0.5, 0.6) is 0 Å². The number of halogens is 3. The minimum Gasteiger partial charge on any atom is -0.463 e. The highest BCUT2D eigenvalue weighted by Crippen LogP contribution is 2.37. The molecule has 1 saturated heterocycles. The zero-order valence-corrected chi connectivity index (χ0v) is 18.7. The van der Waals surface area contributed by atoms with Crippen LogP contribution in [0.2, 0.25) is 5.02 Å². The van der Waals surface area contributed by atoms with Crippen LogP contribution in [0.15, 0.2) is 46.0 Å². The van der Waals surface area contributed by atoms with Gasteiger partial charge in [0.25, 0.3) is 0 Å². The quantitative estimate of drug-likeness (QED) is 0.616. The van der Waals surface area contributed by atoms with Crippen LogP contribution in [0.3, 0.4) is 0 Å². The van der Waals surface area contributed by atoms with E-state index in [4.69, 9.17) is 16.3 Å². The largest absolute Gasteiger partial charge is 0.463 e. The standard InChI is InChI=1S/C21H21ClF2N4O3S/c1-2-31-21(30)17-15(9-28-8-14(24)16(29)10-28)26-19(20-25-5-6-32-20)27-18(17)12-4-3-11(23)7-13(12)22/h3-7,14,16,18,29H,2,8-10H2,1H3,(H,26,27)/t14?,16-,18+/m1/s1. The maximum absolute atomic E-state index is 13.9. The highest BCUT2D eigenvalue weighted by molar-refractivity contribution is 7.11. The van der Waals surface area contributed by atoms with Gasteiger partial charge in [0.05, 0.1) is 18.3 Å². The van der Waals surface area contributed by atoms with Crippen LogP contribution in [-0.2, 0) is 9.53 Å². The number of esters is 1. The van der Waals surface area contributed by atoms with Gasteiger partial charge >= 0.3 is 5.97 Å². The molecule has 2 aliphatic heterocycles. The number of rotatable bonds is 6. The van der Waals surface area contributed by atoms with E-state index in [2.05, 4.69) is 15.3 Å². The number of alkyl halides is 1. The molecule has 170 valence electrons. The van der Waals surface area contributed by atoms with Crippen molar-refractivity contribution in [3.63, 3.8) is 0 Å². The first-order chi connectivity index (χ1) is 15.4. The lowest BCUT2D eigenvalue weighted by Crippen LogP contribution is -2.39. The number of aliphatic hydroxyl groups excluding tert-OH is 1. The van der Waals surface area contributed by atoms with Gasteiger partial charge in [0, 0.05) is 47.5 Å². The number of thiazole rings is 1. The van der Waals surface area contributed by atoms with E-state index in [9.17, 15) is 18.7 Å². The Kier molecular flexibility index (Phi) is 6.85. The molecule has 3 heterocycles. The maximum atomic E-state index is 13.9. The summed E-state index contributed by atoms with van der Waals surface area (Å²) < 4.78 is 32.9. The van der Waals surface area contributed by atoms with Crippen molar-refractivity contribution in [1.29, 1.82) is 0 Å². The number of aliphatic imine (C=N–C) groups is 1. The van der Waals surface area contributed by atoms with Gasteiger partial charge in [-0.15, -0.1) is 11.3 Å². The topological polar surface area (TPSA) is 87.0 Å². The Morgan fingerprint density at radius 2 is 2.25 bits per heavy atom. The van der Waals surface area contributed by atoms with E-state index in [1.165, 1.54) is 23.5 Å².